The molecule has 1 saturated heterocycles. The minimum Gasteiger partial charge on any atom is -0.484 e. The first-order valence-electron chi connectivity index (χ1n) is 7.84. The summed E-state index contributed by atoms with van der Waals surface area (Å²) in [6.45, 7) is 2.89. The summed E-state index contributed by atoms with van der Waals surface area (Å²) < 4.78 is 5.66. The van der Waals surface area contributed by atoms with Gasteiger partial charge in [0.05, 0.1) is 12.6 Å². The first-order chi connectivity index (χ1) is 10.2. The molecule has 0 aromatic heterocycles. The van der Waals surface area contributed by atoms with E-state index in [-0.39, 0.29) is 25.2 Å². The lowest BCUT2D eigenvalue weighted by atomic mass is 10.0. The van der Waals surface area contributed by atoms with E-state index in [2.05, 4.69) is 19.1 Å². The molecule has 1 N–H and O–H groups in total. The summed E-state index contributed by atoms with van der Waals surface area (Å²) >= 11 is 0. The zero-order valence-corrected chi connectivity index (χ0v) is 12.5. The van der Waals surface area contributed by atoms with Crippen molar-refractivity contribution < 1.29 is 14.6 Å². The van der Waals surface area contributed by atoms with Crippen LogP contribution in [0.1, 0.15) is 30.9 Å². The Hall–Kier alpha value is -1.55. The van der Waals surface area contributed by atoms with Gasteiger partial charge in [-0.1, -0.05) is 13.0 Å². The Balaban J connectivity index is 1.58. The molecule has 114 valence electrons. The summed E-state index contributed by atoms with van der Waals surface area (Å²) in [5.74, 6) is 1.11. The van der Waals surface area contributed by atoms with Crippen molar-refractivity contribution >= 4 is 5.91 Å². The lowest BCUT2D eigenvalue weighted by Gasteiger charge is -2.25. The molecule has 1 aliphatic carbocycles. The number of aliphatic hydroxyl groups is 1. The second-order valence-electron chi connectivity index (χ2n) is 6.18. The number of carbonyl (C=O) groups excluding carboxylic acids is 1. The van der Waals surface area contributed by atoms with Gasteiger partial charge < -0.3 is 14.7 Å². The molecule has 2 unspecified atom stereocenters. The highest BCUT2D eigenvalue weighted by Gasteiger charge is 2.33. The molecule has 1 aromatic carbocycles. The molecule has 2 atom stereocenters. The monoisotopic (exact) mass is 289 g/mol. The van der Waals surface area contributed by atoms with Crippen LogP contribution in [-0.2, 0) is 17.6 Å². The Labute approximate surface area is 125 Å². The second kappa shape index (κ2) is 6.06. The zero-order chi connectivity index (χ0) is 14.8. The van der Waals surface area contributed by atoms with Gasteiger partial charge in [0.2, 0.25) is 0 Å². The highest BCUT2D eigenvalue weighted by atomic mass is 16.5. The number of amides is 1. The molecule has 1 amide bonds. The van der Waals surface area contributed by atoms with Crippen molar-refractivity contribution in [2.24, 2.45) is 5.92 Å². The van der Waals surface area contributed by atoms with Crippen LogP contribution in [0.5, 0.6) is 5.75 Å². The number of benzene rings is 1. The third kappa shape index (κ3) is 2.91. The lowest BCUT2D eigenvalue weighted by Crippen LogP contribution is -2.42. The van der Waals surface area contributed by atoms with Crippen LogP contribution in [0.2, 0.25) is 0 Å². The van der Waals surface area contributed by atoms with Crippen molar-refractivity contribution in [3.63, 3.8) is 0 Å². The van der Waals surface area contributed by atoms with E-state index in [1.807, 2.05) is 6.07 Å². The largest absolute Gasteiger partial charge is 0.484 e. The van der Waals surface area contributed by atoms with Gasteiger partial charge in [-0.2, -0.15) is 0 Å². The molecule has 0 saturated carbocycles. The first kappa shape index (κ1) is 14.4. The van der Waals surface area contributed by atoms with Crippen molar-refractivity contribution in [3.05, 3.63) is 29.3 Å². The van der Waals surface area contributed by atoms with Gasteiger partial charge in [-0.3, -0.25) is 4.79 Å². The van der Waals surface area contributed by atoms with Crippen LogP contribution in [-0.4, -0.2) is 41.7 Å². The van der Waals surface area contributed by atoms with Crippen molar-refractivity contribution in [2.75, 3.05) is 19.8 Å². The summed E-state index contributed by atoms with van der Waals surface area (Å²) in [6.07, 6.45) is 4.42. The Bertz CT molecular complexity index is 529. The molecule has 1 aliphatic heterocycles. The number of likely N-dealkylation sites (tertiary alicyclic amines) is 1. The second-order valence-corrected chi connectivity index (χ2v) is 6.18. The highest BCUT2D eigenvalue weighted by molar-refractivity contribution is 5.78. The summed E-state index contributed by atoms with van der Waals surface area (Å²) in [5.41, 5.74) is 2.75. The number of rotatable bonds is 4. The minimum absolute atomic E-state index is 0.0288. The Morgan fingerprint density at radius 2 is 2.19 bits per heavy atom. The normalized spacial score (nSPS) is 24.2. The summed E-state index contributed by atoms with van der Waals surface area (Å²) in [6, 6.07) is 6.07. The highest BCUT2D eigenvalue weighted by Crippen LogP contribution is 2.27. The van der Waals surface area contributed by atoms with Crippen LogP contribution in [0, 0.1) is 5.92 Å². The average molecular weight is 289 g/mol. The van der Waals surface area contributed by atoms with Gasteiger partial charge >= 0.3 is 0 Å². The number of nitrogens with zero attached hydrogens (tertiary/aromatic N) is 1. The molecule has 0 spiro atoms. The third-order valence-electron chi connectivity index (χ3n) is 4.82. The zero-order valence-electron chi connectivity index (χ0n) is 12.5. The van der Waals surface area contributed by atoms with E-state index in [1.54, 1.807) is 4.90 Å². The predicted octanol–water partition coefficient (Wildman–Crippen LogP) is 1.78. The van der Waals surface area contributed by atoms with Crippen LogP contribution in [0.4, 0.5) is 0 Å². The van der Waals surface area contributed by atoms with Crippen LogP contribution >= 0.6 is 0 Å². The van der Waals surface area contributed by atoms with Crippen LogP contribution in [0.15, 0.2) is 18.2 Å². The van der Waals surface area contributed by atoms with E-state index in [9.17, 15) is 9.90 Å². The van der Waals surface area contributed by atoms with Gasteiger partial charge in [0.15, 0.2) is 6.61 Å². The third-order valence-corrected chi connectivity index (χ3v) is 4.82. The first-order valence-corrected chi connectivity index (χ1v) is 7.84. The number of hydrogen-bond acceptors (Lipinski definition) is 3. The molecular weight excluding hydrogens is 266 g/mol. The fourth-order valence-electron chi connectivity index (χ4n) is 3.46. The molecule has 3 rings (SSSR count). The van der Waals surface area contributed by atoms with Crippen molar-refractivity contribution in [3.8, 4) is 5.75 Å². The SMILES string of the molecule is CC1CCN(C(=O)COc2ccc3c(c2)CCC3)C1CO. The lowest BCUT2D eigenvalue weighted by molar-refractivity contribution is -0.135. The number of ether oxygens (including phenoxy) is 1. The molecule has 2 aliphatic rings. The van der Waals surface area contributed by atoms with Crippen molar-refractivity contribution in [2.45, 2.75) is 38.6 Å². The molecule has 4 heteroatoms. The van der Waals surface area contributed by atoms with E-state index in [1.165, 1.54) is 17.5 Å². The van der Waals surface area contributed by atoms with Crippen LogP contribution in [0.3, 0.4) is 0 Å². The van der Waals surface area contributed by atoms with E-state index < -0.39 is 0 Å². The average Bonchev–Trinajstić information content (AvgIpc) is 3.10. The number of aryl methyl sites for hydroxylation is 2. The quantitative estimate of drug-likeness (QED) is 0.919. The summed E-state index contributed by atoms with van der Waals surface area (Å²) in [4.78, 5) is 14.0. The molecule has 4 nitrogen and oxygen atoms in total. The fourth-order valence-corrected chi connectivity index (χ4v) is 3.46. The maximum atomic E-state index is 12.3. The van der Waals surface area contributed by atoms with Gasteiger partial charge in [-0.05, 0) is 54.9 Å². The van der Waals surface area contributed by atoms with Crippen LogP contribution in [0.25, 0.3) is 0 Å². The number of carbonyl (C=O) groups is 1. The van der Waals surface area contributed by atoms with E-state index >= 15 is 0 Å². The number of fused-ring (bicyclic) bond motifs is 1. The molecule has 0 radical (unpaired) electrons. The predicted molar refractivity (Wildman–Crippen MR) is 80.3 cm³/mol. The maximum absolute atomic E-state index is 12.3. The van der Waals surface area contributed by atoms with Gasteiger partial charge in [0, 0.05) is 6.54 Å². The maximum Gasteiger partial charge on any atom is 0.260 e. The fraction of sp³-hybridized carbons (Fsp3) is 0.588. The Morgan fingerprint density at radius 3 is 3.00 bits per heavy atom. The van der Waals surface area contributed by atoms with Gasteiger partial charge in [0.1, 0.15) is 5.75 Å². The Kier molecular flexibility index (Phi) is 4.15. The standard InChI is InChI=1S/C17H23NO3/c1-12-7-8-18(16(12)10-19)17(20)11-21-15-6-5-13-3-2-4-14(13)9-15/h5-6,9,12,16,19H,2-4,7-8,10-11H2,1H3. The molecule has 0 bridgehead atoms. The van der Waals surface area contributed by atoms with E-state index in [4.69, 9.17) is 4.74 Å². The smallest absolute Gasteiger partial charge is 0.260 e. The van der Waals surface area contributed by atoms with Crippen molar-refractivity contribution in [1.82, 2.24) is 4.90 Å². The number of aliphatic hydroxyl groups excluding tert-OH is 1. The number of hydrogen-bond donors (Lipinski definition) is 1. The summed E-state index contributed by atoms with van der Waals surface area (Å²) in [7, 11) is 0. The van der Waals surface area contributed by atoms with Gasteiger partial charge in [-0.25, -0.2) is 0 Å². The van der Waals surface area contributed by atoms with Crippen LogP contribution < -0.4 is 4.74 Å². The van der Waals surface area contributed by atoms with E-state index in [0.29, 0.717) is 5.92 Å². The Morgan fingerprint density at radius 1 is 1.38 bits per heavy atom. The molecule has 1 fully saturated rings. The van der Waals surface area contributed by atoms with Gasteiger partial charge in [0.25, 0.3) is 5.91 Å². The summed E-state index contributed by atoms with van der Waals surface area (Å²) in [5, 5.41) is 9.41. The van der Waals surface area contributed by atoms with Crippen molar-refractivity contribution in [1.29, 1.82) is 0 Å². The minimum atomic E-state index is -0.0545. The molecular formula is C17H23NO3. The molecule has 1 heterocycles. The van der Waals surface area contributed by atoms with E-state index in [0.717, 1.165) is 31.6 Å². The topological polar surface area (TPSA) is 49.8 Å². The van der Waals surface area contributed by atoms with Gasteiger partial charge in [-0.15, -0.1) is 0 Å². The molecule has 1 aromatic rings. The molecule has 21 heavy (non-hydrogen) atoms.